The first kappa shape index (κ1) is 17.5. The molecular weight excluding hydrogens is 320 g/mol. The number of hydrogen-bond donors (Lipinski definition) is 1. The summed E-state index contributed by atoms with van der Waals surface area (Å²) < 4.78 is 10.7. The Morgan fingerprint density at radius 3 is 2.72 bits per heavy atom. The standard InChI is InChI=1S/C19H24N2O4/c1-24-19-16(17(22)18(19)23)20-8-5-11-25-15-7-4-6-14(12-15)13-21-9-2-3-10-21/h4,6-7,12,20H,2-3,5,8-11,13H2,1H3. The fourth-order valence-electron chi connectivity index (χ4n) is 3.13. The van der Waals surface area contributed by atoms with Crippen LogP contribution in [-0.2, 0) is 6.54 Å². The van der Waals surface area contributed by atoms with Crippen LogP contribution in [0, 0.1) is 0 Å². The van der Waals surface area contributed by atoms with Crippen molar-refractivity contribution in [2.45, 2.75) is 25.8 Å². The van der Waals surface area contributed by atoms with Gasteiger partial charge in [0.15, 0.2) is 5.75 Å². The molecule has 1 fully saturated rings. The van der Waals surface area contributed by atoms with Gasteiger partial charge in [-0.3, -0.25) is 14.5 Å². The average Bonchev–Trinajstić information content (AvgIpc) is 3.13. The van der Waals surface area contributed by atoms with Crippen LogP contribution in [0.15, 0.2) is 33.9 Å². The van der Waals surface area contributed by atoms with Crippen LogP contribution in [-0.4, -0.2) is 38.3 Å². The van der Waals surface area contributed by atoms with Gasteiger partial charge in [-0.2, -0.15) is 0 Å². The molecular formula is C19H24N2O4. The minimum absolute atomic E-state index is 0.125. The van der Waals surface area contributed by atoms with Gasteiger partial charge in [0.05, 0.1) is 13.7 Å². The Labute approximate surface area is 147 Å². The molecule has 6 heteroatoms. The second-order valence-electron chi connectivity index (χ2n) is 6.33. The second kappa shape index (κ2) is 8.16. The van der Waals surface area contributed by atoms with Gasteiger partial charge in [-0.05, 0) is 50.0 Å². The largest absolute Gasteiger partial charge is 0.494 e. The van der Waals surface area contributed by atoms with Crippen LogP contribution < -0.4 is 25.6 Å². The molecule has 0 aliphatic carbocycles. The Morgan fingerprint density at radius 1 is 1.16 bits per heavy atom. The van der Waals surface area contributed by atoms with Crippen molar-refractivity contribution in [1.29, 1.82) is 0 Å². The van der Waals surface area contributed by atoms with E-state index in [1.165, 1.54) is 38.6 Å². The first-order valence-corrected chi connectivity index (χ1v) is 8.74. The van der Waals surface area contributed by atoms with E-state index in [4.69, 9.17) is 9.47 Å². The van der Waals surface area contributed by atoms with Gasteiger partial charge in [0.1, 0.15) is 11.4 Å². The summed E-state index contributed by atoms with van der Waals surface area (Å²) in [4.78, 5) is 25.1. The zero-order valence-corrected chi connectivity index (χ0v) is 14.5. The Bertz CT molecular complexity index is 774. The molecule has 2 aromatic carbocycles. The van der Waals surface area contributed by atoms with E-state index in [1.807, 2.05) is 12.1 Å². The van der Waals surface area contributed by atoms with Gasteiger partial charge in [-0.1, -0.05) is 12.1 Å². The highest BCUT2D eigenvalue weighted by Gasteiger charge is 2.20. The maximum absolute atomic E-state index is 11.4. The van der Waals surface area contributed by atoms with Crippen LogP contribution in [0.3, 0.4) is 0 Å². The van der Waals surface area contributed by atoms with E-state index in [9.17, 15) is 9.59 Å². The first-order chi connectivity index (χ1) is 12.2. The van der Waals surface area contributed by atoms with Gasteiger partial charge in [-0.15, -0.1) is 0 Å². The number of nitrogens with one attached hydrogen (secondary N) is 1. The molecule has 6 nitrogen and oxygen atoms in total. The van der Waals surface area contributed by atoms with E-state index < -0.39 is 10.9 Å². The Hall–Kier alpha value is -2.34. The lowest BCUT2D eigenvalue weighted by atomic mass is 10.2. The topological polar surface area (TPSA) is 67.9 Å². The molecule has 1 N–H and O–H groups in total. The zero-order chi connectivity index (χ0) is 17.6. The number of ether oxygens (including phenoxy) is 2. The predicted molar refractivity (Wildman–Crippen MR) is 97.5 cm³/mol. The fourth-order valence-corrected chi connectivity index (χ4v) is 3.13. The van der Waals surface area contributed by atoms with Crippen molar-refractivity contribution in [3.63, 3.8) is 0 Å². The average molecular weight is 344 g/mol. The van der Waals surface area contributed by atoms with Crippen LogP contribution in [0.25, 0.3) is 0 Å². The van der Waals surface area contributed by atoms with E-state index >= 15 is 0 Å². The summed E-state index contributed by atoms with van der Waals surface area (Å²) >= 11 is 0. The molecule has 2 aromatic rings. The van der Waals surface area contributed by atoms with Crippen LogP contribution >= 0.6 is 0 Å². The lowest BCUT2D eigenvalue weighted by molar-refractivity contribution is 0.310. The maximum atomic E-state index is 11.4. The van der Waals surface area contributed by atoms with E-state index in [1.54, 1.807) is 0 Å². The molecule has 0 amide bonds. The van der Waals surface area contributed by atoms with Crippen LogP contribution in [0.1, 0.15) is 24.8 Å². The maximum Gasteiger partial charge on any atom is 0.271 e. The van der Waals surface area contributed by atoms with Crippen molar-refractivity contribution < 1.29 is 9.47 Å². The predicted octanol–water partition coefficient (Wildman–Crippen LogP) is 1.77. The van der Waals surface area contributed by atoms with Gasteiger partial charge in [0.25, 0.3) is 10.9 Å². The molecule has 0 radical (unpaired) electrons. The Morgan fingerprint density at radius 2 is 1.96 bits per heavy atom. The number of methoxy groups -OCH3 is 1. The number of anilines is 1. The third-order valence-electron chi connectivity index (χ3n) is 4.47. The second-order valence-corrected chi connectivity index (χ2v) is 6.33. The Balaban J connectivity index is 1.41. The number of likely N-dealkylation sites (tertiary alicyclic amines) is 1. The zero-order valence-electron chi connectivity index (χ0n) is 14.5. The van der Waals surface area contributed by atoms with Crippen molar-refractivity contribution in [3.05, 3.63) is 50.3 Å². The lowest BCUT2D eigenvalue weighted by Gasteiger charge is -2.15. The number of benzene rings is 1. The van der Waals surface area contributed by atoms with E-state index in [0.29, 0.717) is 13.2 Å². The molecule has 3 rings (SSSR count). The molecule has 0 saturated carbocycles. The monoisotopic (exact) mass is 344 g/mol. The summed E-state index contributed by atoms with van der Waals surface area (Å²) in [5.74, 6) is 0.990. The van der Waals surface area contributed by atoms with Gasteiger partial charge in [-0.25, -0.2) is 0 Å². The smallest absolute Gasteiger partial charge is 0.271 e. The normalized spacial score (nSPS) is 14.8. The van der Waals surface area contributed by atoms with Crippen LogP contribution in [0.5, 0.6) is 11.5 Å². The first-order valence-electron chi connectivity index (χ1n) is 8.74. The van der Waals surface area contributed by atoms with Gasteiger partial charge >= 0.3 is 0 Å². The van der Waals surface area contributed by atoms with E-state index in [-0.39, 0.29) is 11.4 Å². The summed E-state index contributed by atoms with van der Waals surface area (Å²) in [6, 6.07) is 8.20. The summed E-state index contributed by atoms with van der Waals surface area (Å²) in [6.07, 6.45) is 3.30. The van der Waals surface area contributed by atoms with Crippen molar-refractivity contribution in [3.8, 4) is 11.5 Å². The molecule has 25 heavy (non-hydrogen) atoms. The molecule has 0 atom stereocenters. The third-order valence-corrected chi connectivity index (χ3v) is 4.47. The third kappa shape index (κ3) is 4.20. The quantitative estimate of drug-likeness (QED) is 0.552. The highest BCUT2D eigenvalue weighted by atomic mass is 16.5. The van der Waals surface area contributed by atoms with Crippen molar-refractivity contribution in [2.24, 2.45) is 0 Å². The van der Waals surface area contributed by atoms with Crippen molar-refractivity contribution >= 4 is 5.69 Å². The number of nitrogens with zero attached hydrogens (tertiary/aromatic N) is 1. The molecule has 0 spiro atoms. The molecule has 0 bridgehead atoms. The van der Waals surface area contributed by atoms with Crippen molar-refractivity contribution in [1.82, 2.24) is 4.90 Å². The molecule has 0 unspecified atom stereocenters. The minimum atomic E-state index is -0.559. The molecule has 1 aliphatic heterocycles. The lowest BCUT2D eigenvalue weighted by Crippen LogP contribution is -2.35. The summed E-state index contributed by atoms with van der Waals surface area (Å²) in [7, 11) is 1.39. The Kier molecular flexibility index (Phi) is 5.71. The fraction of sp³-hybridized carbons (Fsp3) is 0.474. The summed E-state index contributed by atoms with van der Waals surface area (Å²) in [5.41, 5.74) is 0.481. The molecule has 0 aromatic heterocycles. The molecule has 1 saturated heterocycles. The molecule has 134 valence electrons. The van der Waals surface area contributed by atoms with Crippen LogP contribution in [0.4, 0.5) is 5.69 Å². The number of hydrogen-bond acceptors (Lipinski definition) is 6. The van der Waals surface area contributed by atoms with Gasteiger partial charge in [0, 0.05) is 13.1 Å². The van der Waals surface area contributed by atoms with Gasteiger partial charge < -0.3 is 14.8 Å². The minimum Gasteiger partial charge on any atom is -0.494 e. The highest BCUT2D eigenvalue weighted by molar-refractivity contribution is 5.61. The van der Waals surface area contributed by atoms with E-state index in [0.717, 1.165) is 18.7 Å². The van der Waals surface area contributed by atoms with Gasteiger partial charge in [0.2, 0.25) is 0 Å². The number of rotatable bonds is 9. The molecule has 1 aliphatic rings. The SMILES string of the molecule is COc1c(NCCCOc2cccc(CN3CCCC3)c2)c(=O)c1=O. The van der Waals surface area contributed by atoms with E-state index in [2.05, 4.69) is 22.3 Å². The summed E-state index contributed by atoms with van der Waals surface area (Å²) in [6.45, 7) is 4.42. The molecule has 1 heterocycles. The summed E-state index contributed by atoms with van der Waals surface area (Å²) in [5, 5.41) is 2.94. The van der Waals surface area contributed by atoms with Crippen molar-refractivity contribution in [2.75, 3.05) is 38.7 Å². The van der Waals surface area contributed by atoms with Crippen LogP contribution in [0.2, 0.25) is 0 Å². The highest BCUT2D eigenvalue weighted by Crippen LogP contribution is 2.18.